The molecule has 0 aliphatic carbocycles. The van der Waals surface area contributed by atoms with Gasteiger partial charge in [0.25, 0.3) is 0 Å². The maximum Gasteiger partial charge on any atom is 0.241 e. The van der Waals surface area contributed by atoms with Crippen molar-refractivity contribution < 1.29 is 23.0 Å². The number of nitrogens with one attached hydrogen (secondary N) is 3. The van der Waals surface area contributed by atoms with Gasteiger partial charge in [-0.05, 0) is 63.1 Å². The average molecular weight is 561 g/mol. The second-order valence-corrected chi connectivity index (χ2v) is 12.2. The summed E-state index contributed by atoms with van der Waals surface area (Å²) in [6, 6.07) is 13.6. The Morgan fingerprint density at radius 2 is 1.89 bits per heavy atom. The fourth-order valence-electron chi connectivity index (χ4n) is 3.94. The highest BCUT2D eigenvalue weighted by Crippen LogP contribution is 2.23. The number of sulfonamides is 1. The van der Waals surface area contributed by atoms with Gasteiger partial charge >= 0.3 is 0 Å². The van der Waals surface area contributed by atoms with E-state index < -0.39 is 33.0 Å². The Morgan fingerprint density at radius 3 is 2.58 bits per heavy atom. The number of methoxy groups -OCH3 is 1. The minimum atomic E-state index is -3.82. The highest BCUT2D eigenvalue weighted by Gasteiger charge is 2.33. The van der Waals surface area contributed by atoms with Crippen LogP contribution in [0.15, 0.2) is 53.4 Å². The van der Waals surface area contributed by atoms with Crippen LogP contribution >= 0.6 is 23.2 Å². The molecular formula is C25H35Cl2N3O5S. The van der Waals surface area contributed by atoms with Gasteiger partial charge in [0.15, 0.2) is 0 Å². The first-order valence-corrected chi connectivity index (χ1v) is 14.2. The van der Waals surface area contributed by atoms with E-state index >= 15 is 0 Å². The summed E-state index contributed by atoms with van der Waals surface area (Å²) >= 11 is 12.4. The van der Waals surface area contributed by atoms with Gasteiger partial charge < -0.3 is 19.9 Å². The molecule has 200 valence electrons. The second kappa shape index (κ2) is 12.8. The summed E-state index contributed by atoms with van der Waals surface area (Å²) in [6.07, 6.45) is 0.508. The summed E-state index contributed by atoms with van der Waals surface area (Å²) in [5.41, 5.74) is 0.378. The van der Waals surface area contributed by atoms with Crippen LogP contribution in [-0.4, -0.2) is 68.9 Å². The van der Waals surface area contributed by atoms with Crippen LogP contribution in [0.25, 0.3) is 0 Å². The zero-order chi connectivity index (χ0) is 26.3. The minimum Gasteiger partial charge on any atom is -0.497 e. The largest absolute Gasteiger partial charge is 0.497 e. The summed E-state index contributed by atoms with van der Waals surface area (Å²) in [6.45, 7) is 5.01. The predicted molar refractivity (Wildman–Crippen MR) is 143 cm³/mol. The lowest BCUT2D eigenvalue weighted by molar-refractivity contribution is 0.0987. The summed E-state index contributed by atoms with van der Waals surface area (Å²) < 4.78 is 39.3. The van der Waals surface area contributed by atoms with Crippen molar-refractivity contribution in [2.24, 2.45) is 0 Å². The third kappa shape index (κ3) is 8.48. The number of halogens is 2. The highest BCUT2D eigenvalue weighted by molar-refractivity contribution is 7.89. The zero-order valence-electron chi connectivity index (χ0n) is 20.7. The van der Waals surface area contributed by atoms with Crippen LogP contribution in [0.2, 0.25) is 0 Å². The number of β-amino-alcohol motifs (C(OH)–C–C–N with tert-alkyl or cyclic N) is 1. The van der Waals surface area contributed by atoms with E-state index in [0.717, 1.165) is 17.7 Å². The number of alkyl halides is 2. The Kier molecular flexibility index (Phi) is 10.3. The van der Waals surface area contributed by atoms with E-state index in [1.54, 1.807) is 19.2 Å². The molecule has 0 amide bonds. The Hall–Kier alpha value is -1.59. The number of piperidine rings is 1. The van der Waals surface area contributed by atoms with Gasteiger partial charge in [-0.25, -0.2) is 13.1 Å². The van der Waals surface area contributed by atoms with Gasteiger partial charge in [0, 0.05) is 24.2 Å². The molecule has 8 nitrogen and oxygen atoms in total. The van der Waals surface area contributed by atoms with E-state index in [-0.39, 0.29) is 17.0 Å². The van der Waals surface area contributed by atoms with Crippen molar-refractivity contribution in [3.63, 3.8) is 0 Å². The number of hydrogen-bond donors (Lipinski definition) is 4. The first-order chi connectivity index (χ1) is 17.0. The molecule has 11 heteroatoms. The molecule has 2 aromatic rings. The molecule has 36 heavy (non-hydrogen) atoms. The van der Waals surface area contributed by atoms with Crippen molar-refractivity contribution in [1.29, 1.82) is 0 Å². The molecule has 1 fully saturated rings. The molecule has 1 aliphatic rings. The monoisotopic (exact) mass is 559 g/mol. The van der Waals surface area contributed by atoms with Gasteiger partial charge in [-0.2, -0.15) is 0 Å². The Morgan fingerprint density at radius 1 is 1.17 bits per heavy atom. The number of aliphatic hydroxyl groups is 1. The quantitative estimate of drug-likeness (QED) is 0.234. The first-order valence-electron chi connectivity index (χ1n) is 11.8. The number of rotatable bonds is 12. The van der Waals surface area contributed by atoms with Gasteiger partial charge in [-0.15, -0.1) is 23.2 Å². The van der Waals surface area contributed by atoms with Crippen molar-refractivity contribution in [3.05, 3.63) is 54.1 Å². The van der Waals surface area contributed by atoms with Crippen LogP contribution in [0.1, 0.15) is 25.8 Å². The van der Waals surface area contributed by atoms with Gasteiger partial charge in [-0.1, -0.05) is 18.2 Å². The van der Waals surface area contributed by atoms with Crippen LogP contribution in [0.4, 0.5) is 0 Å². The van der Waals surface area contributed by atoms with Gasteiger partial charge in [-0.3, -0.25) is 5.32 Å². The third-order valence-electron chi connectivity index (χ3n) is 5.94. The van der Waals surface area contributed by atoms with Crippen LogP contribution in [0, 0.1) is 0 Å². The molecule has 0 aromatic heterocycles. The number of aliphatic hydroxyl groups excluding tert-OH is 1. The summed E-state index contributed by atoms with van der Waals surface area (Å²) in [5.74, 6) is 1.15. The molecule has 4 atom stereocenters. The van der Waals surface area contributed by atoms with Crippen LogP contribution in [0.3, 0.4) is 0 Å². The van der Waals surface area contributed by atoms with Crippen molar-refractivity contribution in [2.75, 3.05) is 26.8 Å². The number of benzene rings is 2. The lowest BCUT2D eigenvalue weighted by atomic mass is 9.94. The smallest absolute Gasteiger partial charge is 0.241 e. The third-order valence-corrected chi connectivity index (χ3v) is 8.54. The molecule has 2 aromatic carbocycles. The number of ether oxygens (including phenoxy) is 2. The normalized spacial score (nSPS) is 21.7. The van der Waals surface area contributed by atoms with E-state index in [1.807, 2.05) is 24.3 Å². The topological polar surface area (TPSA) is 109 Å². The van der Waals surface area contributed by atoms with Crippen molar-refractivity contribution >= 4 is 33.2 Å². The van der Waals surface area contributed by atoms with Crippen molar-refractivity contribution in [1.82, 2.24) is 15.4 Å². The standard InChI is InChI=1S/C25H35Cl2N3O5S/c1-25(2,14-17-7-9-19(34-3)10-8-17)29-15-18(31)16-35-20-5-4-6-21(13-20)36(32,33)30-22-11-12-28-24(27)23(22)26/h4-10,13,18,22-24,28-31H,11-12,14-16H2,1-3H3/t18-,22?,23?,24?/m1/s1. The lowest BCUT2D eigenvalue weighted by Gasteiger charge is -2.32. The molecule has 0 spiro atoms. The zero-order valence-corrected chi connectivity index (χ0v) is 23.0. The van der Waals surface area contributed by atoms with Crippen LogP contribution in [0.5, 0.6) is 11.5 Å². The molecule has 3 rings (SSSR count). The van der Waals surface area contributed by atoms with E-state index in [1.165, 1.54) is 12.1 Å². The predicted octanol–water partition coefficient (Wildman–Crippen LogP) is 2.86. The Labute approximate surface area is 223 Å². The minimum absolute atomic E-state index is 0.00845. The molecule has 1 aliphatic heterocycles. The molecule has 4 N–H and O–H groups in total. The fourth-order valence-corrected chi connectivity index (χ4v) is 5.90. The van der Waals surface area contributed by atoms with Crippen LogP contribution < -0.4 is 24.8 Å². The molecule has 1 saturated heterocycles. The van der Waals surface area contributed by atoms with E-state index in [2.05, 4.69) is 29.2 Å². The second-order valence-electron chi connectivity index (χ2n) is 9.55. The van der Waals surface area contributed by atoms with Crippen molar-refractivity contribution in [3.8, 4) is 11.5 Å². The fraction of sp³-hybridized carbons (Fsp3) is 0.520. The van der Waals surface area contributed by atoms with E-state index in [9.17, 15) is 13.5 Å². The average Bonchev–Trinajstić information content (AvgIpc) is 2.85. The van der Waals surface area contributed by atoms with E-state index in [4.69, 9.17) is 32.7 Å². The maximum atomic E-state index is 12.9. The summed E-state index contributed by atoms with van der Waals surface area (Å²) in [5, 5.41) is 16.2. The maximum absolute atomic E-state index is 12.9. The van der Waals surface area contributed by atoms with Gasteiger partial charge in [0.2, 0.25) is 10.0 Å². The van der Waals surface area contributed by atoms with Gasteiger partial charge in [0.1, 0.15) is 29.7 Å². The Bertz CT molecular complexity index is 1090. The van der Waals surface area contributed by atoms with E-state index in [0.29, 0.717) is 25.3 Å². The molecular weight excluding hydrogens is 525 g/mol. The highest BCUT2D eigenvalue weighted by atomic mass is 35.5. The molecule has 1 heterocycles. The molecule has 0 saturated carbocycles. The first kappa shape index (κ1) is 29.0. The summed E-state index contributed by atoms with van der Waals surface area (Å²) in [4.78, 5) is 0.0572. The van der Waals surface area contributed by atoms with Crippen molar-refractivity contribution in [2.45, 2.75) is 60.1 Å². The molecule has 3 unspecified atom stereocenters. The molecule has 0 bridgehead atoms. The SMILES string of the molecule is COc1ccc(CC(C)(C)NC[C@@H](O)COc2cccc(S(=O)(=O)NC3CCNC(Cl)C3Cl)c2)cc1. The van der Waals surface area contributed by atoms with Gasteiger partial charge in [0.05, 0.1) is 17.4 Å². The number of hydrogen-bond acceptors (Lipinski definition) is 7. The molecule has 0 radical (unpaired) electrons. The Balaban J connectivity index is 1.50. The summed E-state index contributed by atoms with van der Waals surface area (Å²) in [7, 11) is -2.19. The lowest BCUT2D eigenvalue weighted by Crippen LogP contribution is -2.53. The van der Waals surface area contributed by atoms with Crippen LogP contribution in [-0.2, 0) is 16.4 Å².